The zero-order valence-electron chi connectivity index (χ0n) is 8.22. The minimum Gasteiger partial charge on any atom is -0.508 e. The third-order valence-corrected chi connectivity index (χ3v) is 3.27. The summed E-state index contributed by atoms with van der Waals surface area (Å²) >= 11 is 5.97. The molecule has 0 aliphatic heterocycles. The van der Waals surface area contributed by atoms with Crippen LogP contribution in [0.25, 0.3) is 11.1 Å². The topological polar surface area (TPSA) is 29.5 Å². The predicted molar refractivity (Wildman–Crippen MR) is 75.9 cm³/mol. The van der Waals surface area contributed by atoms with E-state index in [1.807, 2.05) is 30.3 Å². The van der Waals surface area contributed by atoms with Gasteiger partial charge in [0.2, 0.25) is 0 Å². The second-order valence-electron chi connectivity index (χ2n) is 3.28. The summed E-state index contributed by atoms with van der Waals surface area (Å²) in [4.78, 5) is 0. The molecule has 0 aromatic heterocycles. The Kier molecular flexibility index (Phi) is 3.60. The molecular formula is C12H9IO2S. The standard InChI is InChI=1S/C12H9IO2S/c13-11-7-9(3-6-12(11)15-16)8-1-4-10(14)5-2-8/h1-7,14,16H. The predicted octanol–water partition coefficient (Wildman–Crippen LogP) is 3.89. The molecule has 0 aliphatic rings. The number of aromatic hydroxyl groups is 1. The van der Waals surface area contributed by atoms with Crippen molar-refractivity contribution >= 4 is 35.5 Å². The van der Waals surface area contributed by atoms with E-state index in [4.69, 9.17) is 4.18 Å². The van der Waals surface area contributed by atoms with Crippen LogP contribution < -0.4 is 4.18 Å². The van der Waals surface area contributed by atoms with Gasteiger partial charge in [0.15, 0.2) is 0 Å². The van der Waals surface area contributed by atoms with E-state index < -0.39 is 0 Å². The minimum absolute atomic E-state index is 0.272. The lowest BCUT2D eigenvalue weighted by molar-refractivity contribution is 0.475. The van der Waals surface area contributed by atoms with Crippen LogP contribution in [0.2, 0.25) is 0 Å². The van der Waals surface area contributed by atoms with Crippen LogP contribution >= 0.6 is 35.5 Å². The Bertz CT molecular complexity index is 497. The average Bonchev–Trinajstić information content (AvgIpc) is 2.30. The highest BCUT2D eigenvalue weighted by Crippen LogP contribution is 2.29. The van der Waals surface area contributed by atoms with Gasteiger partial charge >= 0.3 is 0 Å². The van der Waals surface area contributed by atoms with E-state index in [0.717, 1.165) is 20.4 Å². The molecule has 0 radical (unpaired) electrons. The van der Waals surface area contributed by atoms with Crippen LogP contribution in [0.1, 0.15) is 0 Å². The Balaban J connectivity index is 2.41. The van der Waals surface area contributed by atoms with Gasteiger partial charge in [-0.2, -0.15) is 0 Å². The van der Waals surface area contributed by atoms with Crippen LogP contribution in [0.5, 0.6) is 11.5 Å². The Morgan fingerprint density at radius 2 is 1.62 bits per heavy atom. The van der Waals surface area contributed by atoms with Gasteiger partial charge in [-0.25, -0.2) is 0 Å². The molecule has 16 heavy (non-hydrogen) atoms. The van der Waals surface area contributed by atoms with Gasteiger partial charge in [-0.3, -0.25) is 0 Å². The monoisotopic (exact) mass is 344 g/mol. The fourth-order valence-electron chi connectivity index (χ4n) is 1.41. The Morgan fingerprint density at radius 1 is 1.00 bits per heavy atom. The van der Waals surface area contributed by atoms with Crippen LogP contribution in [0.15, 0.2) is 42.5 Å². The molecule has 0 heterocycles. The number of phenols is 1. The van der Waals surface area contributed by atoms with Crippen LogP contribution in [-0.4, -0.2) is 5.11 Å². The molecule has 82 valence electrons. The number of phenolic OH excluding ortho intramolecular Hbond substituents is 1. The zero-order chi connectivity index (χ0) is 11.5. The maximum absolute atomic E-state index is 9.21. The Morgan fingerprint density at radius 3 is 2.19 bits per heavy atom. The van der Waals surface area contributed by atoms with E-state index in [1.165, 1.54) is 0 Å². The molecular weight excluding hydrogens is 335 g/mol. The molecule has 2 nitrogen and oxygen atoms in total. The molecule has 2 rings (SSSR count). The highest BCUT2D eigenvalue weighted by atomic mass is 127. The van der Waals surface area contributed by atoms with Gasteiger partial charge in [-0.15, -0.1) is 0 Å². The molecule has 0 saturated carbocycles. The van der Waals surface area contributed by atoms with Crippen LogP contribution in [0, 0.1) is 3.57 Å². The van der Waals surface area contributed by atoms with E-state index >= 15 is 0 Å². The van der Waals surface area contributed by atoms with Crippen molar-refractivity contribution in [1.29, 1.82) is 0 Å². The Labute approximate surface area is 113 Å². The van der Waals surface area contributed by atoms with Crippen molar-refractivity contribution in [3.63, 3.8) is 0 Å². The van der Waals surface area contributed by atoms with Gasteiger partial charge in [0.1, 0.15) is 11.5 Å². The fourth-order valence-corrected chi connectivity index (χ4v) is 2.37. The molecule has 2 aromatic carbocycles. The van der Waals surface area contributed by atoms with Crippen molar-refractivity contribution < 1.29 is 9.29 Å². The van der Waals surface area contributed by atoms with E-state index in [9.17, 15) is 5.11 Å². The molecule has 0 atom stereocenters. The van der Waals surface area contributed by atoms with Crippen molar-refractivity contribution in [3.05, 3.63) is 46.0 Å². The summed E-state index contributed by atoms with van der Waals surface area (Å²) < 4.78 is 5.90. The molecule has 0 spiro atoms. The number of rotatable bonds is 2. The smallest absolute Gasteiger partial charge is 0.150 e. The zero-order valence-corrected chi connectivity index (χ0v) is 11.3. The van der Waals surface area contributed by atoms with Crippen molar-refractivity contribution in [1.82, 2.24) is 0 Å². The highest BCUT2D eigenvalue weighted by Gasteiger charge is 2.03. The molecule has 4 heteroatoms. The summed E-state index contributed by atoms with van der Waals surface area (Å²) in [7, 11) is 0. The summed E-state index contributed by atoms with van der Waals surface area (Å²) in [6.45, 7) is 0. The van der Waals surface area contributed by atoms with Gasteiger partial charge in [0, 0.05) is 12.9 Å². The molecule has 0 saturated heterocycles. The average molecular weight is 344 g/mol. The van der Waals surface area contributed by atoms with Crippen molar-refractivity contribution in [2.24, 2.45) is 0 Å². The molecule has 0 unspecified atom stereocenters. The normalized spacial score (nSPS) is 10.1. The third-order valence-electron chi connectivity index (χ3n) is 2.23. The van der Waals surface area contributed by atoms with Gasteiger partial charge in [-0.1, -0.05) is 18.2 Å². The molecule has 2 aromatic rings. The summed E-state index contributed by atoms with van der Waals surface area (Å²) in [5.74, 6) is 1.01. The first-order chi connectivity index (χ1) is 7.70. The summed E-state index contributed by atoms with van der Waals surface area (Å²) in [6.07, 6.45) is 0. The second kappa shape index (κ2) is 4.97. The minimum atomic E-state index is 0.272. The summed E-state index contributed by atoms with van der Waals surface area (Å²) in [5.41, 5.74) is 2.14. The second-order valence-corrected chi connectivity index (χ2v) is 4.63. The first-order valence-corrected chi connectivity index (χ1v) is 6.05. The van der Waals surface area contributed by atoms with Crippen LogP contribution in [0.3, 0.4) is 0 Å². The lowest BCUT2D eigenvalue weighted by Crippen LogP contribution is -1.83. The van der Waals surface area contributed by atoms with E-state index in [-0.39, 0.29) is 5.75 Å². The van der Waals surface area contributed by atoms with Crippen LogP contribution in [0.4, 0.5) is 0 Å². The molecule has 0 bridgehead atoms. The third kappa shape index (κ3) is 2.44. The van der Waals surface area contributed by atoms with E-state index in [2.05, 4.69) is 35.5 Å². The number of thiol groups is 1. The van der Waals surface area contributed by atoms with Gasteiger partial charge in [0.25, 0.3) is 0 Å². The van der Waals surface area contributed by atoms with Gasteiger partial charge in [0.05, 0.1) is 3.57 Å². The molecule has 1 N–H and O–H groups in total. The maximum atomic E-state index is 9.21. The quantitative estimate of drug-likeness (QED) is 0.492. The summed E-state index contributed by atoms with van der Waals surface area (Å²) in [6, 6.07) is 12.9. The molecule has 0 aliphatic carbocycles. The SMILES string of the molecule is Oc1ccc(-c2ccc(OS)c(I)c2)cc1. The molecule has 0 fully saturated rings. The maximum Gasteiger partial charge on any atom is 0.150 e. The van der Waals surface area contributed by atoms with E-state index in [1.54, 1.807) is 12.1 Å². The van der Waals surface area contributed by atoms with Crippen LogP contribution in [-0.2, 0) is 0 Å². The number of halogens is 1. The first kappa shape index (κ1) is 11.6. The van der Waals surface area contributed by atoms with Crippen molar-refractivity contribution in [3.8, 4) is 22.6 Å². The first-order valence-electron chi connectivity index (χ1n) is 4.61. The lowest BCUT2D eigenvalue weighted by Gasteiger charge is -2.05. The summed E-state index contributed by atoms with van der Waals surface area (Å²) in [5, 5.41) is 9.21. The molecule has 0 amide bonds. The van der Waals surface area contributed by atoms with Crippen molar-refractivity contribution in [2.75, 3.05) is 0 Å². The number of benzene rings is 2. The lowest BCUT2D eigenvalue weighted by atomic mass is 10.1. The number of hydrogen-bond acceptors (Lipinski definition) is 3. The van der Waals surface area contributed by atoms with Crippen molar-refractivity contribution in [2.45, 2.75) is 0 Å². The van der Waals surface area contributed by atoms with Gasteiger partial charge < -0.3 is 9.29 Å². The Hall–Kier alpha value is -0.880. The van der Waals surface area contributed by atoms with E-state index in [0.29, 0.717) is 0 Å². The highest BCUT2D eigenvalue weighted by molar-refractivity contribution is 14.1. The largest absolute Gasteiger partial charge is 0.508 e. The fraction of sp³-hybridized carbons (Fsp3) is 0. The van der Waals surface area contributed by atoms with Gasteiger partial charge in [-0.05, 0) is 58.0 Å². The number of hydrogen-bond donors (Lipinski definition) is 2.